The molecule has 2 rings (SSSR count). The van der Waals surface area contributed by atoms with Crippen LogP contribution >= 0.6 is 23.2 Å². The molecule has 0 atom stereocenters. The van der Waals surface area contributed by atoms with Crippen LogP contribution < -0.4 is 0 Å². The second-order valence-electron chi connectivity index (χ2n) is 5.37. The number of benzene rings is 1. The van der Waals surface area contributed by atoms with Crippen molar-refractivity contribution < 1.29 is 12.7 Å². The second-order valence-corrected chi connectivity index (χ2v) is 8.29. The first-order chi connectivity index (χ1) is 11.7. The van der Waals surface area contributed by atoms with Gasteiger partial charge in [-0.3, -0.25) is 4.28 Å². The highest BCUT2D eigenvalue weighted by molar-refractivity contribution is 7.87. The molecule has 25 heavy (non-hydrogen) atoms. The summed E-state index contributed by atoms with van der Waals surface area (Å²) in [4.78, 5) is 0. The first-order valence-corrected chi connectivity index (χ1v) is 9.43. The van der Waals surface area contributed by atoms with Crippen LogP contribution in [0.5, 0.6) is 0 Å². The molecule has 0 saturated heterocycles. The SMILES string of the molecule is CC(C)S(=O)(=O)ON=C1C=CC(=C(C#N)c2ccc(Cl)cc2Cl)C=C1. The molecular weight excluding hydrogens is 383 g/mol. The number of nitrogens with zero attached hydrogens (tertiary/aromatic N) is 2. The Kier molecular flexibility index (Phi) is 6.07. The molecule has 1 aromatic carbocycles. The first kappa shape index (κ1) is 19.3. The number of nitriles is 1. The minimum Gasteiger partial charge on any atom is -0.268 e. The van der Waals surface area contributed by atoms with Crippen LogP contribution in [0.4, 0.5) is 0 Å². The van der Waals surface area contributed by atoms with Gasteiger partial charge in [0.2, 0.25) is 0 Å². The topological polar surface area (TPSA) is 79.5 Å². The van der Waals surface area contributed by atoms with Gasteiger partial charge in [-0.2, -0.15) is 13.7 Å². The summed E-state index contributed by atoms with van der Waals surface area (Å²) in [5, 5.41) is 13.2. The molecule has 1 aromatic rings. The predicted octanol–water partition coefficient (Wildman–Crippen LogP) is 4.51. The van der Waals surface area contributed by atoms with Gasteiger partial charge < -0.3 is 0 Å². The zero-order chi connectivity index (χ0) is 18.6. The molecule has 0 spiro atoms. The van der Waals surface area contributed by atoms with Crippen molar-refractivity contribution in [3.8, 4) is 6.07 Å². The number of rotatable bonds is 4. The molecule has 0 fully saturated rings. The molecule has 0 aromatic heterocycles. The highest BCUT2D eigenvalue weighted by Crippen LogP contribution is 2.30. The van der Waals surface area contributed by atoms with E-state index in [0.29, 0.717) is 32.5 Å². The minimum absolute atomic E-state index is 0.312. The standard InChI is InChI=1S/C17H14Cl2N2O3S/c1-11(2)25(22,23)24-21-14-6-3-12(4-7-14)16(10-20)15-8-5-13(18)9-17(15)19/h3-9,11H,1-2H3. The Balaban J connectivity index is 2.31. The van der Waals surface area contributed by atoms with Gasteiger partial charge in [-0.05, 0) is 43.7 Å². The van der Waals surface area contributed by atoms with Crippen LogP contribution in [0, 0.1) is 11.3 Å². The summed E-state index contributed by atoms with van der Waals surface area (Å²) < 4.78 is 27.8. The van der Waals surface area contributed by atoms with Gasteiger partial charge in [-0.15, -0.1) is 0 Å². The summed E-state index contributed by atoms with van der Waals surface area (Å²) in [5.41, 5.74) is 1.84. The number of halogens is 2. The van der Waals surface area contributed by atoms with Gasteiger partial charge in [0.1, 0.15) is 11.8 Å². The number of allylic oxidation sites excluding steroid dienone is 6. The molecule has 5 nitrogen and oxygen atoms in total. The Morgan fingerprint density at radius 2 is 1.84 bits per heavy atom. The average Bonchev–Trinajstić information content (AvgIpc) is 2.56. The number of hydrogen-bond donors (Lipinski definition) is 0. The van der Waals surface area contributed by atoms with Crippen molar-refractivity contribution in [1.29, 1.82) is 5.26 Å². The highest BCUT2D eigenvalue weighted by atomic mass is 35.5. The van der Waals surface area contributed by atoms with Crippen LogP contribution in [0.25, 0.3) is 5.57 Å². The summed E-state index contributed by atoms with van der Waals surface area (Å²) in [6, 6.07) is 6.99. The average molecular weight is 397 g/mol. The van der Waals surface area contributed by atoms with E-state index < -0.39 is 15.4 Å². The molecule has 8 heteroatoms. The maximum atomic E-state index is 11.6. The molecule has 0 saturated carbocycles. The lowest BCUT2D eigenvalue weighted by Crippen LogP contribution is -2.15. The van der Waals surface area contributed by atoms with Crippen LogP contribution in [0.2, 0.25) is 10.0 Å². The van der Waals surface area contributed by atoms with Gasteiger partial charge >= 0.3 is 10.1 Å². The zero-order valence-electron chi connectivity index (χ0n) is 13.4. The molecule has 0 radical (unpaired) electrons. The van der Waals surface area contributed by atoms with E-state index in [0.717, 1.165) is 0 Å². The summed E-state index contributed by atoms with van der Waals surface area (Å²) in [5.74, 6) is 0. The monoisotopic (exact) mass is 396 g/mol. The van der Waals surface area contributed by atoms with Crippen LogP contribution in [0.3, 0.4) is 0 Å². The summed E-state index contributed by atoms with van der Waals surface area (Å²) in [6.45, 7) is 3.00. The first-order valence-electron chi connectivity index (χ1n) is 7.21. The van der Waals surface area contributed by atoms with E-state index in [9.17, 15) is 13.7 Å². The summed E-state index contributed by atoms with van der Waals surface area (Å²) >= 11 is 12.0. The number of hydrogen-bond acceptors (Lipinski definition) is 5. The summed E-state index contributed by atoms with van der Waals surface area (Å²) in [6.07, 6.45) is 6.36. The van der Waals surface area contributed by atoms with Gasteiger partial charge in [-0.25, -0.2) is 0 Å². The van der Waals surface area contributed by atoms with Crippen LogP contribution in [-0.2, 0) is 14.4 Å². The van der Waals surface area contributed by atoms with Gasteiger partial charge in [-0.1, -0.05) is 46.6 Å². The van der Waals surface area contributed by atoms with E-state index in [2.05, 4.69) is 15.5 Å². The maximum Gasteiger partial charge on any atom is 0.330 e. The third-order valence-electron chi connectivity index (χ3n) is 3.29. The molecule has 0 bridgehead atoms. The third-order valence-corrected chi connectivity index (χ3v) is 5.28. The quantitative estimate of drug-likeness (QED) is 0.553. The molecule has 0 unspecified atom stereocenters. The largest absolute Gasteiger partial charge is 0.330 e. The second kappa shape index (κ2) is 7.87. The highest BCUT2D eigenvalue weighted by Gasteiger charge is 2.17. The van der Waals surface area contributed by atoms with Gasteiger partial charge in [0.25, 0.3) is 0 Å². The van der Waals surface area contributed by atoms with Crippen molar-refractivity contribution in [3.05, 3.63) is 63.7 Å². The molecule has 1 aliphatic carbocycles. The Bertz CT molecular complexity index is 935. The molecule has 1 aliphatic rings. The molecule has 0 amide bonds. The van der Waals surface area contributed by atoms with Crippen molar-refractivity contribution in [2.45, 2.75) is 19.1 Å². The lowest BCUT2D eigenvalue weighted by Gasteiger charge is -2.09. The Hall–Kier alpha value is -2.07. The Morgan fingerprint density at radius 1 is 1.20 bits per heavy atom. The summed E-state index contributed by atoms with van der Waals surface area (Å²) in [7, 11) is -3.73. The van der Waals surface area contributed by atoms with Crippen LogP contribution in [0.1, 0.15) is 19.4 Å². The van der Waals surface area contributed by atoms with E-state index in [-0.39, 0.29) is 0 Å². The number of oxime groups is 1. The van der Waals surface area contributed by atoms with Gasteiger partial charge in [0, 0.05) is 10.6 Å². The smallest absolute Gasteiger partial charge is 0.268 e. The molecule has 0 aliphatic heterocycles. The van der Waals surface area contributed by atoms with E-state index in [4.69, 9.17) is 23.2 Å². The molecule has 130 valence electrons. The fourth-order valence-corrected chi connectivity index (χ4v) is 2.71. The fourth-order valence-electron chi connectivity index (χ4n) is 1.84. The Morgan fingerprint density at radius 3 is 2.36 bits per heavy atom. The van der Waals surface area contributed by atoms with Crippen molar-refractivity contribution in [1.82, 2.24) is 0 Å². The van der Waals surface area contributed by atoms with Crippen molar-refractivity contribution in [3.63, 3.8) is 0 Å². The van der Waals surface area contributed by atoms with E-state index in [1.54, 1.807) is 42.5 Å². The molecular formula is C17H14Cl2N2O3S. The van der Waals surface area contributed by atoms with E-state index in [1.807, 2.05) is 0 Å². The molecule has 0 N–H and O–H groups in total. The minimum atomic E-state index is -3.73. The third kappa shape index (κ3) is 4.73. The van der Waals surface area contributed by atoms with E-state index >= 15 is 0 Å². The Labute approximate surface area is 156 Å². The van der Waals surface area contributed by atoms with Crippen molar-refractivity contribution in [2.24, 2.45) is 5.16 Å². The van der Waals surface area contributed by atoms with Crippen molar-refractivity contribution >= 4 is 44.6 Å². The lowest BCUT2D eigenvalue weighted by molar-refractivity contribution is 0.334. The predicted molar refractivity (Wildman–Crippen MR) is 99.9 cm³/mol. The lowest BCUT2D eigenvalue weighted by atomic mass is 9.97. The molecule has 0 heterocycles. The zero-order valence-corrected chi connectivity index (χ0v) is 15.7. The van der Waals surface area contributed by atoms with Crippen LogP contribution in [0.15, 0.2) is 53.2 Å². The fraction of sp³-hybridized carbons (Fsp3) is 0.176. The normalized spacial score (nSPS) is 13.8. The maximum absolute atomic E-state index is 11.6. The van der Waals surface area contributed by atoms with Crippen molar-refractivity contribution in [2.75, 3.05) is 0 Å². The van der Waals surface area contributed by atoms with E-state index in [1.165, 1.54) is 13.8 Å². The van der Waals surface area contributed by atoms with Crippen LogP contribution in [-0.4, -0.2) is 19.4 Å². The van der Waals surface area contributed by atoms with Gasteiger partial charge in [0.05, 0.1) is 15.8 Å². The van der Waals surface area contributed by atoms with Gasteiger partial charge in [0.15, 0.2) is 0 Å².